The third-order valence-electron chi connectivity index (χ3n) is 2.67. The fourth-order valence-electron chi connectivity index (χ4n) is 1.76. The number of aryl methyl sites for hydroxylation is 2. The molecule has 0 saturated carbocycles. The second-order valence-electron chi connectivity index (χ2n) is 4.24. The van der Waals surface area contributed by atoms with Crippen molar-refractivity contribution in [2.45, 2.75) is 20.5 Å². The Morgan fingerprint density at radius 2 is 2.20 bits per heavy atom. The predicted octanol–water partition coefficient (Wildman–Crippen LogP) is 2.56. The molecule has 0 fully saturated rings. The van der Waals surface area contributed by atoms with Gasteiger partial charge in [0.2, 0.25) is 0 Å². The van der Waals surface area contributed by atoms with Gasteiger partial charge in [-0.3, -0.25) is 10.1 Å². The Bertz CT molecular complexity index is 663. The van der Waals surface area contributed by atoms with Crippen LogP contribution in [-0.2, 0) is 11.3 Å². The Balaban J connectivity index is 2.19. The minimum absolute atomic E-state index is 0.0475. The summed E-state index contributed by atoms with van der Waals surface area (Å²) in [5.41, 5.74) is 0.827. The molecule has 2 rings (SSSR count). The smallest absolute Gasteiger partial charge is 0.345 e. The lowest BCUT2D eigenvalue weighted by molar-refractivity contribution is -0.385. The molecule has 0 aliphatic rings. The van der Waals surface area contributed by atoms with Crippen molar-refractivity contribution in [1.82, 2.24) is 5.16 Å². The zero-order valence-corrected chi connectivity index (χ0v) is 11.0. The highest BCUT2D eigenvalue weighted by atomic mass is 16.6. The van der Waals surface area contributed by atoms with Gasteiger partial charge in [-0.2, -0.15) is 0 Å². The van der Waals surface area contributed by atoms with Crippen LogP contribution in [0.5, 0.6) is 0 Å². The summed E-state index contributed by atoms with van der Waals surface area (Å²) in [4.78, 5) is 22.3. The van der Waals surface area contributed by atoms with E-state index in [9.17, 15) is 14.9 Å². The van der Waals surface area contributed by atoms with Crippen molar-refractivity contribution < 1.29 is 19.0 Å². The van der Waals surface area contributed by atoms with E-state index in [-0.39, 0.29) is 17.9 Å². The summed E-state index contributed by atoms with van der Waals surface area (Å²) in [6, 6.07) is 6.02. The fraction of sp³-hybridized carbons (Fsp3) is 0.231. The summed E-state index contributed by atoms with van der Waals surface area (Å²) in [5.74, 6) is -0.379. The van der Waals surface area contributed by atoms with E-state index in [4.69, 9.17) is 9.26 Å². The maximum Gasteiger partial charge on any atom is 0.345 e. The van der Waals surface area contributed by atoms with Crippen LogP contribution in [0.2, 0.25) is 0 Å². The molecule has 1 aromatic heterocycles. The topological polar surface area (TPSA) is 95.5 Å². The number of nitro groups is 1. The van der Waals surface area contributed by atoms with Gasteiger partial charge in [0, 0.05) is 12.1 Å². The van der Waals surface area contributed by atoms with Crippen LogP contribution in [-0.4, -0.2) is 16.0 Å². The van der Waals surface area contributed by atoms with Crippen molar-refractivity contribution >= 4 is 11.7 Å². The average Bonchev–Trinajstić information content (AvgIpc) is 2.81. The lowest BCUT2D eigenvalue weighted by Gasteiger charge is -2.06. The first kappa shape index (κ1) is 13.7. The Hall–Kier alpha value is -2.70. The van der Waals surface area contributed by atoms with E-state index in [0.717, 1.165) is 0 Å². The van der Waals surface area contributed by atoms with E-state index in [1.54, 1.807) is 26.0 Å². The molecule has 2 aromatic rings. The van der Waals surface area contributed by atoms with Crippen LogP contribution in [0.15, 0.2) is 28.8 Å². The number of hydrogen-bond acceptors (Lipinski definition) is 6. The zero-order valence-electron chi connectivity index (χ0n) is 11.0. The highest BCUT2D eigenvalue weighted by Crippen LogP contribution is 2.23. The highest BCUT2D eigenvalue weighted by molar-refractivity contribution is 5.95. The maximum atomic E-state index is 12.0. The van der Waals surface area contributed by atoms with E-state index in [1.165, 1.54) is 12.1 Å². The molecular formula is C13H12N2O5. The number of esters is 1. The standard InChI is InChI=1S/C13H12N2O5/c1-8-4-3-5-11(15(17)18)12(8)13(16)19-7-10-6-9(2)14-20-10/h3-6H,7H2,1-2H3. The summed E-state index contributed by atoms with van der Waals surface area (Å²) in [7, 11) is 0. The van der Waals surface area contributed by atoms with Gasteiger partial charge in [-0.25, -0.2) is 4.79 Å². The van der Waals surface area contributed by atoms with Crippen LogP contribution < -0.4 is 0 Å². The predicted molar refractivity (Wildman–Crippen MR) is 68.2 cm³/mol. The van der Waals surface area contributed by atoms with Gasteiger partial charge in [-0.15, -0.1) is 0 Å². The van der Waals surface area contributed by atoms with Gasteiger partial charge in [-0.05, 0) is 19.4 Å². The van der Waals surface area contributed by atoms with Crippen molar-refractivity contribution in [3.8, 4) is 0 Å². The summed E-state index contributed by atoms with van der Waals surface area (Å²) < 4.78 is 9.92. The molecule has 0 saturated heterocycles. The third kappa shape index (κ3) is 2.82. The molecule has 0 aliphatic heterocycles. The van der Waals surface area contributed by atoms with Gasteiger partial charge >= 0.3 is 5.97 Å². The molecule has 1 aromatic carbocycles. The molecule has 104 valence electrons. The number of ether oxygens (including phenoxy) is 1. The minimum Gasteiger partial charge on any atom is -0.454 e. The molecule has 0 radical (unpaired) electrons. The molecule has 0 N–H and O–H groups in total. The monoisotopic (exact) mass is 276 g/mol. The van der Waals surface area contributed by atoms with E-state index in [1.807, 2.05) is 0 Å². The van der Waals surface area contributed by atoms with Crippen LogP contribution in [0.25, 0.3) is 0 Å². The molecule has 0 amide bonds. The van der Waals surface area contributed by atoms with Gasteiger partial charge in [0.05, 0.1) is 10.6 Å². The van der Waals surface area contributed by atoms with E-state index < -0.39 is 10.9 Å². The zero-order chi connectivity index (χ0) is 14.7. The van der Waals surface area contributed by atoms with Crippen molar-refractivity contribution in [1.29, 1.82) is 0 Å². The number of rotatable bonds is 4. The van der Waals surface area contributed by atoms with Crippen molar-refractivity contribution in [3.63, 3.8) is 0 Å². The van der Waals surface area contributed by atoms with Crippen LogP contribution in [0.3, 0.4) is 0 Å². The first-order valence-corrected chi connectivity index (χ1v) is 5.82. The second-order valence-corrected chi connectivity index (χ2v) is 4.24. The molecule has 7 heteroatoms. The van der Waals surface area contributed by atoms with E-state index >= 15 is 0 Å². The summed E-state index contributed by atoms with van der Waals surface area (Å²) in [6.45, 7) is 3.23. The first-order chi connectivity index (χ1) is 9.49. The molecular weight excluding hydrogens is 264 g/mol. The molecule has 0 aliphatic carbocycles. The number of benzene rings is 1. The number of aromatic nitrogens is 1. The van der Waals surface area contributed by atoms with Gasteiger partial charge < -0.3 is 9.26 Å². The lowest BCUT2D eigenvalue weighted by atomic mass is 10.1. The molecule has 0 spiro atoms. The Labute approximate surface area is 114 Å². The highest BCUT2D eigenvalue weighted by Gasteiger charge is 2.23. The summed E-state index contributed by atoms with van der Waals surface area (Å²) >= 11 is 0. The van der Waals surface area contributed by atoms with Crippen molar-refractivity contribution in [2.24, 2.45) is 0 Å². The quantitative estimate of drug-likeness (QED) is 0.483. The molecule has 0 atom stereocenters. The third-order valence-corrected chi connectivity index (χ3v) is 2.67. The number of nitrogens with zero attached hydrogens (tertiary/aromatic N) is 2. The number of nitro benzene ring substituents is 1. The fourth-order valence-corrected chi connectivity index (χ4v) is 1.76. The van der Waals surface area contributed by atoms with Crippen LogP contribution >= 0.6 is 0 Å². The molecule has 7 nitrogen and oxygen atoms in total. The normalized spacial score (nSPS) is 10.3. The minimum atomic E-state index is -0.760. The van der Waals surface area contributed by atoms with Crippen LogP contribution in [0.1, 0.15) is 27.4 Å². The summed E-state index contributed by atoms with van der Waals surface area (Å²) in [5, 5.41) is 14.6. The first-order valence-electron chi connectivity index (χ1n) is 5.82. The van der Waals surface area contributed by atoms with Crippen molar-refractivity contribution in [2.75, 3.05) is 0 Å². The van der Waals surface area contributed by atoms with Gasteiger partial charge in [0.1, 0.15) is 5.56 Å². The van der Waals surface area contributed by atoms with Gasteiger partial charge in [0.25, 0.3) is 5.69 Å². The number of carbonyl (C=O) groups excluding carboxylic acids is 1. The average molecular weight is 276 g/mol. The van der Waals surface area contributed by atoms with E-state index in [0.29, 0.717) is 17.0 Å². The Kier molecular flexibility index (Phi) is 3.79. The Morgan fingerprint density at radius 1 is 1.45 bits per heavy atom. The van der Waals surface area contributed by atoms with Gasteiger partial charge in [0.15, 0.2) is 12.4 Å². The summed E-state index contributed by atoms with van der Waals surface area (Å²) in [6.07, 6.45) is 0. The molecule has 0 bridgehead atoms. The Morgan fingerprint density at radius 3 is 2.80 bits per heavy atom. The van der Waals surface area contributed by atoms with Crippen LogP contribution in [0, 0.1) is 24.0 Å². The SMILES string of the molecule is Cc1cc(COC(=O)c2c(C)cccc2[N+](=O)[O-])on1. The number of hydrogen-bond donors (Lipinski definition) is 0. The molecule has 20 heavy (non-hydrogen) atoms. The van der Waals surface area contributed by atoms with Crippen molar-refractivity contribution in [3.05, 3.63) is 57.0 Å². The largest absolute Gasteiger partial charge is 0.454 e. The van der Waals surface area contributed by atoms with Crippen LogP contribution in [0.4, 0.5) is 5.69 Å². The maximum absolute atomic E-state index is 12.0. The second kappa shape index (κ2) is 5.52. The van der Waals surface area contributed by atoms with E-state index in [2.05, 4.69) is 5.16 Å². The number of carbonyl (C=O) groups is 1. The molecule has 1 heterocycles. The lowest BCUT2D eigenvalue weighted by Crippen LogP contribution is -2.10. The molecule has 0 unspecified atom stereocenters. The van der Waals surface area contributed by atoms with Gasteiger partial charge in [-0.1, -0.05) is 17.3 Å².